The highest BCUT2D eigenvalue weighted by Gasteiger charge is 1.95. The van der Waals surface area contributed by atoms with Crippen molar-refractivity contribution in [2.45, 2.75) is 19.9 Å². The topological polar surface area (TPSA) is 60.8 Å². The molecule has 10 heavy (non-hydrogen) atoms. The molecule has 0 heterocycles. The molecule has 0 radical (unpaired) electrons. The van der Waals surface area contributed by atoms with Crippen LogP contribution in [0.2, 0.25) is 0 Å². The summed E-state index contributed by atoms with van der Waals surface area (Å²) in [6, 6.07) is 0.519. The van der Waals surface area contributed by atoms with Gasteiger partial charge in [-0.05, 0) is 13.8 Å². The first kappa shape index (κ1) is 13.6. The lowest BCUT2D eigenvalue weighted by atomic mass is 10.4. The molecule has 0 aliphatic rings. The third kappa shape index (κ3) is 23.0. The SMILES string of the molecule is CC(C)N(Br)Br.O=[PH](O)O. The number of rotatable bonds is 1. The molecule has 0 aromatic heterocycles. The zero-order valence-corrected chi connectivity index (χ0v) is 9.76. The van der Waals surface area contributed by atoms with E-state index in [4.69, 9.17) is 14.4 Å². The molecule has 2 N–H and O–H groups in total. The lowest BCUT2D eigenvalue weighted by Gasteiger charge is -2.06. The van der Waals surface area contributed by atoms with Gasteiger partial charge in [-0.2, -0.15) is 2.95 Å². The minimum absolute atomic E-state index is 0.519. The highest BCUT2D eigenvalue weighted by molar-refractivity contribution is 9.21. The van der Waals surface area contributed by atoms with E-state index in [1.165, 1.54) is 0 Å². The van der Waals surface area contributed by atoms with Crippen molar-refractivity contribution in [1.29, 1.82) is 0 Å². The monoisotopic (exact) mass is 297 g/mol. The fourth-order valence-electron chi connectivity index (χ4n) is 0. The summed E-state index contributed by atoms with van der Waals surface area (Å²) in [7, 11) is -3.13. The van der Waals surface area contributed by atoms with Gasteiger partial charge in [0.2, 0.25) is 0 Å². The summed E-state index contributed by atoms with van der Waals surface area (Å²) in [5.41, 5.74) is 0. The average molecular weight is 299 g/mol. The van der Waals surface area contributed by atoms with Gasteiger partial charge in [-0.15, -0.1) is 0 Å². The molecule has 0 aliphatic heterocycles. The second-order valence-corrected chi connectivity index (χ2v) is 4.68. The predicted octanol–water partition coefficient (Wildman–Crippen LogP) is 1.68. The number of hydrogen-bond donors (Lipinski definition) is 2. The molecular formula is C3H10Br2NO3P. The van der Waals surface area contributed by atoms with Crippen LogP contribution in [0.15, 0.2) is 0 Å². The first-order valence-electron chi connectivity index (χ1n) is 2.40. The van der Waals surface area contributed by atoms with Crippen LogP contribution < -0.4 is 0 Å². The number of halogens is 2. The maximum atomic E-state index is 8.74. The maximum Gasteiger partial charge on any atom is 0.314 e. The summed E-state index contributed by atoms with van der Waals surface area (Å²) < 4.78 is 10.5. The van der Waals surface area contributed by atoms with Crippen LogP contribution in [0.4, 0.5) is 0 Å². The summed E-state index contributed by atoms with van der Waals surface area (Å²) in [4.78, 5) is 14.3. The van der Waals surface area contributed by atoms with Crippen LogP contribution in [0.1, 0.15) is 13.8 Å². The van der Waals surface area contributed by atoms with Gasteiger partial charge in [-0.25, -0.2) is 0 Å². The average Bonchev–Trinajstić information content (AvgIpc) is 1.63. The van der Waals surface area contributed by atoms with E-state index >= 15 is 0 Å². The Hall–Kier alpha value is 1.07. The van der Waals surface area contributed by atoms with Crippen molar-refractivity contribution in [3.63, 3.8) is 0 Å². The molecule has 0 atom stereocenters. The minimum Gasteiger partial charge on any atom is -0.326 e. The molecule has 0 rings (SSSR count). The van der Waals surface area contributed by atoms with Crippen molar-refractivity contribution in [3.05, 3.63) is 0 Å². The summed E-state index contributed by atoms with van der Waals surface area (Å²) in [6.07, 6.45) is 0. The molecule has 0 fully saturated rings. The second-order valence-electron chi connectivity index (χ2n) is 1.64. The Bertz CT molecular complexity index is 89.7. The second kappa shape index (κ2) is 8.17. The maximum absolute atomic E-state index is 8.74. The van der Waals surface area contributed by atoms with Crippen molar-refractivity contribution in [2.24, 2.45) is 0 Å². The van der Waals surface area contributed by atoms with Crippen molar-refractivity contribution in [3.8, 4) is 0 Å². The highest BCUT2D eigenvalue weighted by Crippen LogP contribution is 2.09. The van der Waals surface area contributed by atoms with Gasteiger partial charge in [0.25, 0.3) is 0 Å². The van der Waals surface area contributed by atoms with Gasteiger partial charge in [0.15, 0.2) is 0 Å². The first-order chi connectivity index (χ1) is 4.37. The molecule has 0 unspecified atom stereocenters. The van der Waals surface area contributed by atoms with Gasteiger partial charge in [0.05, 0.1) is 0 Å². The zero-order chi connectivity index (χ0) is 8.73. The van der Waals surface area contributed by atoms with Crippen LogP contribution >= 0.6 is 40.5 Å². The molecule has 0 spiro atoms. The molecule has 64 valence electrons. The molecule has 0 aliphatic carbocycles. The van der Waals surface area contributed by atoms with E-state index in [0.29, 0.717) is 6.04 Å². The fraction of sp³-hybridized carbons (Fsp3) is 1.00. The van der Waals surface area contributed by atoms with E-state index < -0.39 is 8.25 Å². The van der Waals surface area contributed by atoms with Gasteiger partial charge < -0.3 is 9.79 Å². The summed E-state index contributed by atoms with van der Waals surface area (Å²) in [6.45, 7) is 4.15. The lowest BCUT2D eigenvalue weighted by Crippen LogP contribution is -2.06. The Morgan fingerprint density at radius 1 is 1.40 bits per heavy atom. The van der Waals surface area contributed by atoms with Gasteiger partial charge in [0, 0.05) is 38.3 Å². The highest BCUT2D eigenvalue weighted by atomic mass is 79.9. The number of nitrogens with zero attached hydrogens (tertiary/aromatic N) is 1. The molecule has 0 saturated carbocycles. The van der Waals surface area contributed by atoms with Crippen LogP contribution in [-0.4, -0.2) is 18.8 Å². The summed E-state index contributed by atoms with van der Waals surface area (Å²) in [5, 5.41) is 0. The normalized spacial score (nSPS) is 10.1. The summed E-state index contributed by atoms with van der Waals surface area (Å²) >= 11 is 6.38. The van der Waals surface area contributed by atoms with Crippen molar-refractivity contribution in [2.75, 3.05) is 0 Å². The van der Waals surface area contributed by atoms with E-state index in [2.05, 4.69) is 46.1 Å². The van der Waals surface area contributed by atoms with Gasteiger partial charge in [-0.3, -0.25) is 4.57 Å². The van der Waals surface area contributed by atoms with Crippen molar-refractivity contribution < 1.29 is 14.4 Å². The minimum atomic E-state index is -3.13. The molecule has 4 nitrogen and oxygen atoms in total. The quantitative estimate of drug-likeness (QED) is 0.571. The third-order valence-corrected chi connectivity index (χ3v) is 2.03. The Labute approximate surface area is 77.9 Å². The third-order valence-electron chi connectivity index (χ3n) is 0.390. The lowest BCUT2D eigenvalue weighted by molar-refractivity contribution is 0.405. The molecule has 7 heteroatoms. The first-order valence-corrected chi connectivity index (χ1v) is 5.12. The van der Waals surface area contributed by atoms with Crippen LogP contribution in [0.3, 0.4) is 0 Å². The van der Waals surface area contributed by atoms with Gasteiger partial charge >= 0.3 is 8.25 Å². The van der Waals surface area contributed by atoms with Crippen LogP contribution in [0.5, 0.6) is 0 Å². The van der Waals surface area contributed by atoms with E-state index in [9.17, 15) is 0 Å². The fourth-order valence-corrected chi connectivity index (χ4v) is 0. The van der Waals surface area contributed by atoms with Crippen molar-refractivity contribution >= 4 is 40.5 Å². The van der Waals surface area contributed by atoms with Crippen LogP contribution in [0.25, 0.3) is 0 Å². The van der Waals surface area contributed by atoms with Gasteiger partial charge in [0.1, 0.15) is 0 Å². The van der Waals surface area contributed by atoms with Crippen LogP contribution in [0, 0.1) is 0 Å². The molecule has 0 saturated heterocycles. The Morgan fingerprint density at radius 2 is 1.50 bits per heavy atom. The summed E-state index contributed by atoms with van der Waals surface area (Å²) in [5.74, 6) is 0. The molecule has 0 aromatic rings. The van der Waals surface area contributed by atoms with E-state index in [1.807, 2.05) is 0 Å². The Balaban J connectivity index is 0. The van der Waals surface area contributed by atoms with E-state index in [1.54, 1.807) is 2.95 Å². The molecular weight excluding hydrogens is 289 g/mol. The number of hydrogen-bond acceptors (Lipinski definition) is 2. The predicted molar refractivity (Wildman–Crippen MR) is 48.3 cm³/mol. The molecule has 0 aromatic carbocycles. The largest absolute Gasteiger partial charge is 0.326 e. The molecule has 0 amide bonds. The van der Waals surface area contributed by atoms with Crippen molar-refractivity contribution in [1.82, 2.24) is 2.95 Å². The van der Waals surface area contributed by atoms with E-state index in [0.717, 1.165) is 0 Å². The standard InChI is InChI=1S/C3H7Br2N.H3O3P/c1-3(2)6(4)5;1-4(2)3/h3H,1-2H3;4H,(H2,1,2,3). The Kier molecular flexibility index (Phi) is 11.1. The Morgan fingerprint density at radius 3 is 1.50 bits per heavy atom. The smallest absolute Gasteiger partial charge is 0.314 e. The zero-order valence-electron chi connectivity index (χ0n) is 5.58. The van der Waals surface area contributed by atoms with E-state index in [-0.39, 0.29) is 0 Å². The van der Waals surface area contributed by atoms with Gasteiger partial charge in [-0.1, -0.05) is 0 Å². The molecule has 0 bridgehead atoms. The van der Waals surface area contributed by atoms with Crippen LogP contribution in [-0.2, 0) is 4.57 Å².